The monoisotopic (exact) mass is 740 g/mol. The zero-order valence-corrected chi connectivity index (χ0v) is 32.3. The van der Waals surface area contributed by atoms with Crippen LogP contribution >= 0.6 is 0 Å². The number of carbonyl (C=O) groups is 4. The van der Waals surface area contributed by atoms with Gasteiger partial charge in [0.1, 0.15) is 18.1 Å². The SMILES string of the molecule is CN(C)C(C(=O)N1CCCC1CC(=O)NC1=CCC(C#Cc2ccc(NC(=O)C3CCCN3C(=O)C(c3ccccc3)N(C)C)cc2)C=C1)c1ccccc1. The number of nitrogens with one attached hydrogen (secondary N) is 2. The highest BCUT2D eigenvalue weighted by Gasteiger charge is 2.39. The van der Waals surface area contributed by atoms with E-state index in [0.717, 1.165) is 41.6 Å². The van der Waals surface area contributed by atoms with E-state index >= 15 is 0 Å². The van der Waals surface area contributed by atoms with Gasteiger partial charge >= 0.3 is 0 Å². The van der Waals surface area contributed by atoms with Gasteiger partial charge in [-0.15, -0.1) is 0 Å². The minimum atomic E-state index is -0.527. The van der Waals surface area contributed by atoms with Crippen molar-refractivity contribution in [2.75, 3.05) is 46.6 Å². The lowest BCUT2D eigenvalue weighted by Crippen LogP contribution is -2.47. The third-order valence-electron chi connectivity index (χ3n) is 10.6. The maximum Gasteiger partial charge on any atom is 0.247 e. The maximum atomic E-state index is 13.7. The van der Waals surface area contributed by atoms with Crippen LogP contribution < -0.4 is 10.6 Å². The van der Waals surface area contributed by atoms with Crippen LogP contribution in [0.15, 0.2) is 109 Å². The Balaban J connectivity index is 0.977. The molecule has 4 amide bonds. The molecule has 0 bridgehead atoms. The molecule has 5 unspecified atom stereocenters. The second-order valence-corrected chi connectivity index (χ2v) is 15.0. The molecule has 286 valence electrons. The molecule has 5 atom stereocenters. The molecule has 0 aromatic heterocycles. The molecule has 3 aromatic carbocycles. The molecule has 0 saturated carbocycles. The van der Waals surface area contributed by atoms with E-state index in [-0.39, 0.29) is 48.1 Å². The van der Waals surface area contributed by atoms with E-state index in [1.165, 1.54) is 0 Å². The summed E-state index contributed by atoms with van der Waals surface area (Å²) in [6.07, 6.45) is 9.89. The van der Waals surface area contributed by atoms with E-state index in [2.05, 4.69) is 22.5 Å². The van der Waals surface area contributed by atoms with Gasteiger partial charge in [0.25, 0.3) is 0 Å². The number of hydrogen-bond donors (Lipinski definition) is 2. The van der Waals surface area contributed by atoms with Crippen LogP contribution in [0.5, 0.6) is 0 Å². The fourth-order valence-corrected chi connectivity index (χ4v) is 7.83. The van der Waals surface area contributed by atoms with Crippen LogP contribution in [0.25, 0.3) is 0 Å². The molecule has 10 nitrogen and oxygen atoms in total. The van der Waals surface area contributed by atoms with Gasteiger partial charge in [-0.05, 0) is 102 Å². The first-order valence-electron chi connectivity index (χ1n) is 19.2. The molecule has 2 heterocycles. The number of rotatable bonds is 11. The van der Waals surface area contributed by atoms with Crippen LogP contribution in [-0.4, -0.2) is 96.6 Å². The van der Waals surface area contributed by atoms with E-state index < -0.39 is 12.1 Å². The standard InChI is InChI=1S/C45H52N6O4/c1-48(2)41(34-13-7-5-8-14-34)44(54)50-29-11-17-38(50)31-40(52)46-36-25-21-32(22-26-36)19-20-33-23-27-37(28-24-33)47-43(53)39-18-12-30-51(39)45(55)42(49(3)4)35-15-9-6-10-16-35/h5-10,13-16,21,23-28,32,38-39,41-42H,11-12,17-18,22,29-31H2,1-4H3,(H,46,52)(H,47,53). The van der Waals surface area contributed by atoms with Gasteiger partial charge in [-0.2, -0.15) is 0 Å². The summed E-state index contributed by atoms with van der Waals surface area (Å²) in [6, 6.07) is 25.4. The highest BCUT2D eigenvalue weighted by atomic mass is 16.2. The summed E-state index contributed by atoms with van der Waals surface area (Å²) in [4.78, 5) is 61.3. The first-order valence-corrected chi connectivity index (χ1v) is 19.2. The van der Waals surface area contributed by atoms with Crippen molar-refractivity contribution in [3.8, 4) is 11.8 Å². The molecule has 10 heteroatoms. The summed E-state index contributed by atoms with van der Waals surface area (Å²) in [5.41, 5.74) is 4.07. The number of likely N-dealkylation sites (tertiary alicyclic amines) is 2. The zero-order valence-electron chi connectivity index (χ0n) is 32.3. The van der Waals surface area contributed by atoms with Crippen molar-refractivity contribution in [1.82, 2.24) is 24.9 Å². The summed E-state index contributed by atoms with van der Waals surface area (Å²) in [7, 11) is 7.59. The highest BCUT2D eigenvalue weighted by molar-refractivity contribution is 5.98. The third-order valence-corrected chi connectivity index (χ3v) is 10.6. The van der Waals surface area contributed by atoms with E-state index in [1.807, 2.05) is 146 Å². The predicted molar refractivity (Wildman–Crippen MR) is 215 cm³/mol. The van der Waals surface area contributed by atoms with Gasteiger partial charge in [0, 0.05) is 48.4 Å². The lowest BCUT2D eigenvalue weighted by atomic mass is 9.99. The van der Waals surface area contributed by atoms with Crippen LogP contribution in [0.3, 0.4) is 0 Å². The van der Waals surface area contributed by atoms with Crippen LogP contribution in [0, 0.1) is 17.8 Å². The molecular formula is C45H52N6O4. The molecule has 0 spiro atoms. The van der Waals surface area contributed by atoms with Gasteiger partial charge in [-0.3, -0.25) is 29.0 Å². The number of amides is 4. The van der Waals surface area contributed by atoms with Crippen molar-refractivity contribution in [2.45, 2.75) is 62.7 Å². The number of carbonyl (C=O) groups excluding carboxylic acids is 4. The Labute approximate surface area is 325 Å². The number of anilines is 1. The zero-order chi connectivity index (χ0) is 38.9. The van der Waals surface area contributed by atoms with E-state index in [4.69, 9.17) is 0 Å². The van der Waals surface area contributed by atoms with E-state index in [9.17, 15) is 19.2 Å². The molecule has 3 aromatic rings. The number of hydrogen-bond acceptors (Lipinski definition) is 6. The molecule has 3 aliphatic rings. The summed E-state index contributed by atoms with van der Waals surface area (Å²) in [6.45, 7) is 1.21. The highest BCUT2D eigenvalue weighted by Crippen LogP contribution is 2.29. The first-order chi connectivity index (χ1) is 26.6. The van der Waals surface area contributed by atoms with Crippen molar-refractivity contribution in [3.05, 3.63) is 126 Å². The van der Waals surface area contributed by atoms with Crippen molar-refractivity contribution < 1.29 is 19.2 Å². The van der Waals surface area contributed by atoms with Crippen LogP contribution in [0.2, 0.25) is 0 Å². The van der Waals surface area contributed by atoms with Gasteiger partial charge in [-0.25, -0.2) is 0 Å². The lowest BCUT2D eigenvalue weighted by molar-refractivity contribution is -0.141. The number of likely N-dealkylation sites (N-methyl/N-ethyl adjacent to an activating group) is 2. The minimum Gasteiger partial charge on any atom is -0.338 e. The molecule has 2 aliphatic heterocycles. The Morgan fingerprint density at radius 1 is 0.745 bits per heavy atom. The summed E-state index contributed by atoms with van der Waals surface area (Å²) in [5, 5.41) is 6.04. The molecule has 0 radical (unpaired) electrons. The molecule has 2 N–H and O–H groups in total. The molecular weight excluding hydrogens is 689 g/mol. The van der Waals surface area contributed by atoms with Gasteiger partial charge < -0.3 is 20.4 Å². The lowest BCUT2D eigenvalue weighted by Gasteiger charge is -2.32. The van der Waals surface area contributed by atoms with E-state index in [1.54, 1.807) is 4.90 Å². The van der Waals surface area contributed by atoms with Crippen molar-refractivity contribution in [2.24, 2.45) is 5.92 Å². The average molecular weight is 741 g/mol. The van der Waals surface area contributed by atoms with Gasteiger partial charge in [0.2, 0.25) is 23.6 Å². The fraction of sp³-hybridized carbons (Fsp3) is 0.378. The quantitative estimate of drug-likeness (QED) is 0.251. The summed E-state index contributed by atoms with van der Waals surface area (Å²) >= 11 is 0. The second kappa shape index (κ2) is 18.2. The maximum absolute atomic E-state index is 13.7. The number of nitrogens with zero attached hydrogens (tertiary/aromatic N) is 4. The Kier molecular flexibility index (Phi) is 13.0. The number of benzene rings is 3. The van der Waals surface area contributed by atoms with Crippen molar-refractivity contribution in [1.29, 1.82) is 0 Å². The Morgan fingerprint density at radius 3 is 1.91 bits per heavy atom. The smallest absolute Gasteiger partial charge is 0.247 e. The fourth-order valence-electron chi connectivity index (χ4n) is 7.83. The topological polar surface area (TPSA) is 105 Å². The third kappa shape index (κ3) is 9.79. The van der Waals surface area contributed by atoms with Crippen molar-refractivity contribution >= 4 is 29.3 Å². The average Bonchev–Trinajstić information content (AvgIpc) is 3.86. The molecule has 6 rings (SSSR count). The Morgan fingerprint density at radius 2 is 1.33 bits per heavy atom. The summed E-state index contributed by atoms with van der Waals surface area (Å²) in [5.74, 6) is 6.20. The second-order valence-electron chi connectivity index (χ2n) is 15.0. The molecule has 2 saturated heterocycles. The molecule has 1 aliphatic carbocycles. The largest absolute Gasteiger partial charge is 0.338 e. The summed E-state index contributed by atoms with van der Waals surface area (Å²) < 4.78 is 0. The van der Waals surface area contributed by atoms with Gasteiger partial charge in [-0.1, -0.05) is 84.7 Å². The van der Waals surface area contributed by atoms with Crippen LogP contribution in [0.1, 0.15) is 67.3 Å². The number of allylic oxidation sites excluding steroid dienone is 3. The molecule has 55 heavy (non-hydrogen) atoms. The first kappa shape index (κ1) is 39.2. The normalized spacial score (nSPS) is 20.4. The Bertz CT molecular complexity index is 1950. The predicted octanol–water partition coefficient (Wildman–Crippen LogP) is 5.53. The Hall–Kier alpha value is -5.50. The minimum absolute atomic E-state index is 0.00306. The van der Waals surface area contributed by atoms with Crippen LogP contribution in [0.4, 0.5) is 5.69 Å². The molecule has 2 fully saturated rings. The van der Waals surface area contributed by atoms with Gasteiger partial charge in [0.05, 0.1) is 0 Å². The van der Waals surface area contributed by atoms with E-state index in [0.29, 0.717) is 31.6 Å². The van der Waals surface area contributed by atoms with Crippen LogP contribution in [-0.2, 0) is 19.2 Å². The van der Waals surface area contributed by atoms with Gasteiger partial charge in [0.15, 0.2) is 0 Å². The van der Waals surface area contributed by atoms with Crippen molar-refractivity contribution in [3.63, 3.8) is 0 Å².